The van der Waals surface area contributed by atoms with E-state index in [0.29, 0.717) is 10.7 Å². The van der Waals surface area contributed by atoms with Crippen LogP contribution in [0.2, 0.25) is 5.02 Å². The summed E-state index contributed by atoms with van der Waals surface area (Å²) >= 11 is 5.84. The molecule has 1 heterocycles. The summed E-state index contributed by atoms with van der Waals surface area (Å²) in [5.41, 5.74) is 2.96. The number of aliphatic hydroxyl groups is 1. The summed E-state index contributed by atoms with van der Waals surface area (Å²) < 4.78 is 4.89. The molecule has 2 aromatic rings. The minimum Gasteiger partial charge on any atom is -0.459 e. The second kappa shape index (κ2) is 5.91. The van der Waals surface area contributed by atoms with Gasteiger partial charge in [-0.3, -0.25) is 0 Å². The smallest absolute Gasteiger partial charge is 0.355 e. The van der Waals surface area contributed by atoms with Gasteiger partial charge in [-0.05, 0) is 36.2 Å². The minimum absolute atomic E-state index is 0.00638. The van der Waals surface area contributed by atoms with Crippen molar-refractivity contribution in [3.63, 3.8) is 0 Å². The lowest BCUT2D eigenvalue weighted by atomic mass is 10.1. The van der Waals surface area contributed by atoms with Gasteiger partial charge in [0.1, 0.15) is 12.3 Å². The van der Waals surface area contributed by atoms with Crippen molar-refractivity contribution in [1.82, 2.24) is 4.98 Å². The molecule has 5 heteroatoms. The second-order valence-corrected chi connectivity index (χ2v) is 4.54. The Balaban J connectivity index is 2.25. The van der Waals surface area contributed by atoms with Crippen LogP contribution in [0, 0.1) is 6.92 Å². The van der Waals surface area contributed by atoms with Crippen molar-refractivity contribution in [1.29, 1.82) is 0 Å². The first-order valence-corrected chi connectivity index (χ1v) is 6.23. The Morgan fingerprint density at radius 1 is 1.37 bits per heavy atom. The van der Waals surface area contributed by atoms with Gasteiger partial charge in [-0.15, -0.1) is 0 Å². The van der Waals surface area contributed by atoms with E-state index in [4.69, 9.17) is 21.4 Å². The fraction of sp³-hybridized carbons (Fsp3) is 0.214. The van der Waals surface area contributed by atoms with Gasteiger partial charge in [-0.25, -0.2) is 4.79 Å². The van der Waals surface area contributed by atoms with E-state index < -0.39 is 5.97 Å². The van der Waals surface area contributed by atoms with Crippen LogP contribution in [0.3, 0.4) is 0 Å². The predicted molar refractivity (Wildman–Crippen MR) is 73.3 cm³/mol. The van der Waals surface area contributed by atoms with Crippen molar-refractivity contribution >= 4 is 17.6 Å². The molecule has 0 saturated carbocycles. The van der Waals surface area contributed by atoms with E-state index in [1.54, 1.807) is 12.1 Å². The molecule has 0 amide bonds. The lowest BCUT2D eigenvalue weighted by molar-refractivity contribution is 0.0427. The summed E-state index contributed by atoms with van der Waals surface area (Å²) in [4.78, 5) is 14.8. The van der Waals surface area contributed by atoms with Crippen LogP contribution in [0.4, 0.5) is 0 Å². The third kappa shape index (κ3) is 3.16. The molecule has 0 unspecified atom stereocenters. The number of aryl methyl sites for hydroxylation is 1. The average molecular weight is 280 g/mol. The highest BCUT2D eigenvalue weighted by molar-refractivity contribution is 6.30. The number of hydrogen-bond acceptors (Lipinski definition) is 3. The van der Waals surface area contributed by atoms with Crippen LogP contribution < -0.4 is 0 Å². The topological polar surface area (TPSA) is 62.3 Å². The van der Waals surface area contributed by atoms with Crippen molar-refractivity contribution in [2.75, 3.05) is 13.2 Å². The molecule has 0 saturated heterocycles. The van der Waals surface area contributed by atoms with E-state index in [9.17, 15) is 4.79 Å². The van der Waals surface area contributed by atoms with Crippen molar-refractivity contribution in [3.8, 4) is 11.3 Å². The first-order valence-electron chi connectivity index (χ1n) is 5.85. The highest BCUT2D eigenvalue weighted by atomic mass is 35.5. The number of carbonyl (C=O) groups excluding carboxylic acids is 1. The lowest BCUT2D eigenvalue weighted by Crippen LogP contribution is -2.10. The van der Waals surface area contributed by atoms with Crippen LogP contribution >= 0.6 is 11.6 Å². The standard InChI is InChI=1S/C14H14ClNO3/c1-9-8-12(10-2-4-11(15)5-3-10)16-13(9)14(18)19-7-6-17/h2-5,8,16-17H,6-7H2,1H3. The van der Waals surface area contributed by atoms with E-state index in [1.807, 2.05) is 25.1 Å². The maximum atomic E-state index is 11.7. The number of aromatic amines is 1. The van der Waals surface area contributed by atoms with E-state index in [-0.39, 0.29) is 13.2 Å². The second-order valence-electron chi connectivity index (χ2n) is 4.11. The number of esters is 1. The lowest BCUT2D eigenvalue weighted by Gasteiger charge is -2.01. The number of hydrogen-bond donors (Lipinski definition) is 2. The zero-order valence-corrected chi connectivity index (χ0v) is 11.2. The van der Waals surface area contributed by atoms with Crippen LogP contribution in [0.5, 0.6) is 0 Å². The molecule has 0 spiro atoms. The fourth-order valence-electron chi connectivity index (χ4n) is 1.77. The summed E-state index contributed by atoms with van der Waals surface area (Å²) in [6.07, 6.45) is 0. The molecule has 100 valence electrons. The van der Waals surface area contributed by atoms with Gasteiger partial charge in [0, 0.05) is 10.7 Å². The van der Waals surface area contributed by atoms with Gasteiger partial charge in [0.05, 0.1) is 6.61 Å². The van der Waals surface area contributed by atoms with Gasteiger partial charge in [-0.2, -0.15) is 0 Å². The molecule has 0 aliphatic heterocycles. The molecule has 2 rings (SSSR count). The Hall–Kier alpha value is -1.78. The minimum atomic E-state index is -0.466. The van der Waals surface area contributed by atoms with Gasteiger partial charge in [0.25, 0.3) is 0 Å². The molecule has 0 atom stereocenters. The monoisotopic (exact) mass is 279 g/mol. The third-order valence-corrected chi connectivity index (χ3v) is 2.95. The van der Waals surface area contributed by atoms with Crippen LogP contribution in [0.15, 0.2) is 30.3 Å². The van der Waals surface area contributed by atoms with Gasteiger partial charge >= 0.3 is 5.97 Å². The largest absolute Gasteiger partial charge is 0.459 e. The van der Waals surface area contributed by atoms with Crippen LogP contribution in [-0.2, 0) is 4.74 Å². The normalized spacial score (nSPS) is 10.5. The van der Waals surface area contributed by atoms with E-state index in [2.05, 4.69) is 4.98 Å². The van der Waals surface area contributed by atoms with Gasteiger partial charge in [-0.1, -0.05) is 23.7 Å². The SMILES string of the molecule is Cc1cc(-c2ccc(Cl)cc2)[nH]c1C(=O)OCCO. The van der Waals surface area contributed by atoms with Gasteiger partial charge in [0.15, 0.2) is 0 Å². The number of rotatable bonds is 4. The molecule has 4 nitrogen and oxygen atoms in total. The Labute approximate surface area is 116 Å². The molecule has 0 aliphatic carbocycles. The van der Waals surface area contributed by atoms with E-state index in [1.165, 1.54) is 0 Å². The van der Waals surface area contributed by atoms with Crippen molar-refractivity contribution < 1.29 is 14.6 Å². The Morgan fingerprint density at radius 3 is 2.68 bits per heavy atom. The van der Waals surface area contributed by atoms with Crippen molar-refractivity contribution in [2.24, 2.45) is 0 Å². The molecule has 19 heavy (non-hydrogen) atoms. The van der Waals surface area contributed by atoms with Crippen molar-refractivity contribution in [2.45, 2.75) is 6.92 Å². The molecule has 0 radical (unpaired) electrons. The number of ether oxygens (including phenoxy) is 1. The number of H-pyrrole nitrogens is 1. The van der Waals surface area contributed by atoms with Gasteiger partial charge in [0.2, 0.25) is 0 Å². The average Bonchev–Trinajstić information content (AvgIpc) is 2.79. The molecule has 1 aromatic heterocycles. The summed E-state index contributed by atoms with van der Waals surface area (Å²) in [6, 6.07) is 9.19. The zero-order chi connectivity index (χ0) is 13.8. The molecule has 2 N–H and O–H groups in total. The summed E-state index contributed by atoms with van der Waals surface area (Å²) in [5.74, 6) is -0.466. The number of carbonyl (C=O) groups is 1. The Bertz CT molecular complexity index is 575. The van der Waals surface area contributed by atoms with Crippen LogP contribution in [0.1, 0.15) is 16.1 Å². The first kappa shape index (κ1) is 13.6. The summed E-state index contributed by atoms with van der Waals surface area (Å²) in [5, 5.41) is 9.30. The molecule has 1 aromatic carbocycles. The molecular formula is C14H14ClNO3. The molecule has 0 bridgehead atoms. The quantitative estimate of drug-likeness (QED) is 0.846. The summed E-state index contributed by atoms with van der Waals surface area (Å²) in [7, 11) is 0. The maximum absolute atomic E-state index is 11.7. The van der Waals surface area contributed by atoms with Crippen LogP contribution in [-0.4, -0.2) is 29.3 Å². The number of aromatic nitrogens is 1. The number of aliphatic hydroxyl groups excluding tert-OH is 1. The molecule has 0 aliphatic rings. The fourth-order valence-corrected chi connectivity index (χ4v) is 1.89. The number of nitrogens with one attached hydrogen (secondary N) is 1. The highest BCUT2D eigenvalue weighted by Gasteiger charge is 2.14. The number of halogens is 1. The van der Waals surface area contributed by atoms with E-state index >= 15 is 0 Å². The van der Waals surface area contributed by atoms with Gasteiger partial charge < -0.3 is 14.8 Å². The first-order chi connectivity index (χ1) is 9.11. The van der Waals surface area contributed by atoms with Crippen molar-refractivity contribution in [3.05, 3.63) is 46.6 Å². The molecular weight excluding hydrogens is 266 g/mol. The Morgan fingerprint density at radius 2 is 2.05 bits per heavy atom. The third-order valence-electron chi connectivity index (χ3n) is 2.70. The Kier molecular flexibility index (Phi) is 4.24. The number of benzene rings is 1. The maximum Gasteiger partial charge on any atom is 0.355 e. The highest BCUT2D eigenvalue weighted by Crippen LogP contribution is 2.23. The molecule has 0 fully saturated rings. The zero-order valence-electron chi connectivity index (χ0n) is 10.4. The predicted octanol–water partition coefficient (Wildman–Crippen LogP) is 2.79. The summed E-state index contributed by atoms with van der Waals surface area (Å²) in [6.45, 7) is 1.63. The van der Waals surface area contributed by atoms with E-state index in [0.717, 1.165) is 16.8 Å². The van der Waals surface area contributed by atoms with Crippen LogP contribution in [0.25, 0.3) is 11.3 Å².